The van der Waals surface area contributed by atoms with Gasteiger partial charge in [0.05, 0.1) is 19.1 Å². The molecular formula is C17H24N6O2. The van der Waals surface area contributed by atoms with Gasteiger partial charge in [-0.2, -0.15) is 4.98 Å². The average Bonchev–Trinajstić information content (AvgIpc) is 3.01. The van der Waals surface area contributed by atoms with E-state index in [4.69, 9.17) is 10.5 Å². The maximum Gasteiger partial charge on any atom is 0.239 e. The number of hydrogen-bond acceptors (Lipinski definition) is 6. The van der Waals surface area contributed by atoms with Gasteiger partial charge in [-0.25, -0.2) is 0 Å². The normalized spacial score (nSPS) is 18.2. The monoisotopic (exact) mass is 344 g/mol. The van der Waals surface area contributed by atoms with Crippen molar-refractivity contribution < 1.29 is 9.53 Å². The number of rotatable bonds is 7. The zero-order valence-electron chi connectivity index (χ0n) is 14.1. The van der Waals surface area contributed by atoms with E-state index >= 15 is 0 Å². The van der Waals surface area contributed by atoms with Crippen molar-refractivity contribution in [2.75, 3.05) is 32.0 Å². The molecule has 2 heterocycles. The third-order valence-corrected chi connectivity index (χ3v) is 4.12. The minimum atomic E-state index is -0.0709. The van der Waals surface area contributed by atoms with E-state index in [1.165, 1.54) is 5.56 Å². The lowest BCUT2D eigenvalue weighted by molar-refractivity contribution is -0.126. The quantitative estimate of drug-likeness (QED) is 0.668. The van der Waals surface area contributed by atoms with Crippen LogP contribution in [0.25, 0.3) is 0 Å². The van der Waals surface area contributed by atoms with Gasteiger partial charge in [0, 0.05) is 32.6 Å². The molecule has 8 heteroatoms. The van der Waals surface area contributed by atoms with E-state index in [1.807, 2.05) is 18.2 Å². The Morgan fingerprint density at radius 1 is 1.40 bits per heavy atom. The summed E-state index contributed by atoms with van der Waals surface area (Å²) in [6.07, 6.45) is 0.865. The van der Waals surface area contributed by atoms with Crippen LogP contribution in [0.2, 0.25) is 0 Å². The van der Waals surface area contributed by atoms with Gasteiger partial charge < -0.3 is 15.8 Å². The molecule has 3 rings (SSSR count). The molecule has 8 nitrogen and oxygen atoms in total. The Labute approximate surface area is 146 Å². The summed E-state index contributed by atoms with van der Waals surface area (Å²) in [4.78, 5) is 18.4. The maximum atomic E-state index is 12.1. The van der Waals surface area contributed by atoms with Gasteiger partial charge in [-0.05, 0) is 5.56 Å². The number of benzene rings is 1. The highest BCUT2D eigenvalue weighted by Crippen LogP contribution is 2.12. The zero-order chi connectivity index (χ0) is 17.5. The van der Waals surface area contributed by atoms with Gasteiger partial charge >= 0.3 is 0 Å². The smallest absolute Gasteiger partial charge is 0.239 e. The summed E-state index contributed by atoms with van der Waals surface area (Å²) in [7, 11) is 0. The van der Waals surface area contributed by atoms with Gasteiger partial charge in [0.2, 0.25) is 11.9 Å². The molecule has 1 aliphatic rings. The Morgan fingerprint density at radius 3 is 3.00 bits per heavy atom. The summed E-state index contributed by atoms with van der Waals surface area (Å²) in [5.74, 6) is 0.871. The highest BCUT2D eigenvalue weighted by molar-refractivity contribution is 5.76. The van der Waals surface area contributed by atoms with Crippen molar-refractivity contribution in [3.8, 4) is 0 Å². The molecule has 1 amide bonds. The number of carbonyl (C=O) groups is 1. The first-order chi connectivity index (χ1) is 12.2. The molecule has 1 fully saturated rings. The summed E-state index contributed by atoms with van der Waals surface area (Å²) in [6, 6.07) is 10.3. The molecule has 2 aromatic rings. The van der Waals surface area contributed by atoms with Crippen molar-refractivity contribution in [1.82, 2.24) is 25.4 Å². The molecule has 1 unspecified atom stereocenters. The third-order valence-electron chi connectivity index (χ3n) is 4.12. The topological polar surface area (TPSA) is 109 Å². The van der Waals surface area contributed by atoms with Gasteiger partial charge in [0.25, 0.3) is 0 Å². The maximum absolute atomic E-state index is 12.1. The fourth-order valence-electron chi connectivity index (χ4n) is 2.91. The van der Waals surface area contributed by atoms with Crippen LogP contribution in [-0.2, 0) is 22.5 Å². The molecule has 1 aliphatic heterocycles. The van der Waals surface area contributed by atoms with Crippen LogP contribution in [0.15, 0.2) is 30.3 Å². The van der Waals surface area contributed by atoms with Gasteiger partial charge in [0.15, 0.2) is 0 Å². The number of amides is 1. The van der Waals surface area contributed by atoms with Crippen molar-refractivity contribution in [3.63, 3.8) is 0 Å². The van der Waals surface area contributed by atoms with E-state index < -0.39 is 0 Å². The molecule has 0 bridgehead atoms. The van der Waals surface area contributed by atoms with Gasteiger partial charge in [-0.1, -0.05) is 30.3 Å². The van der Waals surface area contributed by atoms with Crippen LogP contribution in [0.5, 0.6) is 0 Å². The van der Waals surface area contributed by atoms with E-state index in [0.29, 0.717) is 31.8 Å². The molecule has 1 aromatic carbocycles. The third kappa shape index (κ3) is 5.54. The number of anilines is 1. The number of aromatic nitrogens is 3. The minimum absolute atomic E-state index is 0.0148. The van der Waals surface area contributed by atoms with Crippen LogP contribution in [0.4, 0.5) is 5.95 Å². The standard InChI is InChI=1S/C17H24N6O2/c18-17-20-15(21-22-17)6-7-19-16(24)10-14-12-23(8-9-25-14)11-13-4-2-1-3-5-13/h1-5,14H,6-12H2,(H,19,24)(H3,18,20,21,22). The zero-order valence-corrected chi connectivity index (χ0v) is 14.1. The van der Waals surface area contributed by atoms with Crippen LogP contribution >= 0.6 is 0 Å². The molecule has 0 radical (unpaired) electrons. The van der Waals surface area contributed by atoms with Crippen LogP contribution < -0.4 is 11.1 Å². The lowest BCUT2D eigenvalue weighted by Crippen LogP contribution is -2.44. The molecule has 0 saturated carbocycles. The summed E-state index contributed by atoms with van der Waals surface area (Å²) in [5.41, 5.74) is 6.72. The second-order valence-electron chi connectivity index (χ2n) is 6.16. The predicted octanol–water partition coefficient (Wildman–Crippen LogP) is 0.337. The number of nitrogen functional groups attached to an aromatic ring is 1. The first-order valence-corrected chi connectivity index (χ1v) is 8.50. The Hall–Kier alpha value is -2.45. The number of ether oxygens (including phenoxy) is 1. The van der Waals surface area contributed by atoms with E-state index in [9.17, 15) is 4.79 Å². The number of nitrogens with zero attached hydrogens (tertiary/aromatic N) is 3. The van der Waals surface area contributed by atoms with Crippen molar-refractivity contribution in [3.05, 3.63) is 41.7 Å². The summed E-state index contributed by atoms with van der Waals surface area (Å²) in [5, 5.41) is 9.36. The SMILES string of the molecule is Nc1n[nH]c(CCNC(=O)CC2CN(Cc3ccccc3)CCO2)n1. The van der Waals surface area contributed by atoms with Gasteiger partial charge in [0.1, 0.15) is 5.82 Å². The molecule has 0 spiro atoms. The Bertz CT molecular complexity index is 675. The van der Waals surface area contributed by atoms with Gasteiger partial charge in [-0.15, -0.1) is 5.10 Å². The van der Waals surface area contributed by atoms with Crippen LogP contribution in [-0.4, -0.2) is 58.3 Å². The largest absolute Gasteiger partial charge is 0.375 e. The second-order valence-corrected chi connectivity index (χ2v) is 6.16. The summed E-state index contributed by atoms with van der Waals surface area (Å²) in [6.45, 7) is 3.69. The van der Waals surface area contributed by atoms with Crippen LogP contribution in [0.3, 0.4) is 0 Å². The van der Waals surface area contributed by atoms with E-state index in [2.05, 4.69) is 37.5 Å². The minimum Gasteiger partial charge on any atom is -0.375 e. The number of hydrogen-bond donors (Lipinski definition) is 3. The Balaban J connectivity index is 1.38. The van der Waals surface area contributed by atoms with E-state index in [-0.39, 0.29) is 18.0 Å². The second kappa shape index (κ2) is 8.59. The number of morpholine rings is 1. The highest BCUT2D eigenvalue weighted by Gasteiger charge is 2.22. The molecule has 134 valence electrons. The Kier molecular flexibility index (Phi) is 5.97. The molecule has 1 atom stereocenters. The number of aromatic amines is 1. The van der Waals surface area contributed by atoms with Crippen LogP contribution in [0, 0.1) is 0 Å². The molecular weight excluding hydrogens is 320 g/mol. The van der Waals surface area contributed by atoms with Crippen molar-refractivity contribution in [1.29, 1.82) is 0 Å². The first-order valence-electron chi connectivity index (χ1n) is 8.50. The first kappa shape index (κ1) is 17.4. The lowest BCUT2D eigenvalue weighted by atomic mass is 10.1. The number of nitrogens with two attached hydrogens (primary N) is 1. The highest BCUT2D eigenvalue weighted by atomic mass is 16.5. The van der Waals surface area contributed by atoms with Crippen molar-refractivity contribution in [2.24, 2.45) is 0 Å². The number of nitrogens with one attached hydrogen (secondary N) is 2. The molecule has 1 saturated heterocycles. The van der Waals surface area contributed by atoms with E-state index in [1.54, 1.807) is 0 Å². The van der Waals surface area contributed by atoms with Gasteiger partial charge in [-0.3, -0.25) is 14.8 Å². The average molecular weight is 344 g/mol. The Morgan fingerprint density at radius 2 is 2.24 bits per heavy atom. The lowest BCUT2D eigenvalue weighted by Gasteiger charge is -2.32. The fourth-order valence-corrected chi connectivity index (χ4v) is 2.91. The molecule has 0 aliphatic carbocycles. The summed E-state index contributed by atoms with van der Waals surface area (Å²) >= 11 is 0. The molecule has 4 N–H and O–H groups in total. The van der Waals surface area contributed by atoms with Crippen molar-refractivity contribution in [2.45, 2.75) is 25.5 Å². The van der Waals surface area contributed by atoms with E-state index in [0.717, 1.165) is 19.6 Å². The number of H-pyrrole nitrogens is 1. The molecule has 25 heavy (non-hydrogen) atoms. The van der Waals surface area contributed by atoms with Crippen molar-refractivity contribution >= 4 is 11.9 Å². The fraction of sp³-hybridized carbons (Fsp3) is 0.471. The van der Waals surface area contributed by atoms with Crippen LogP contribution in [0.1, 0.15) is 17.8 Å². The predicted molar refractivity (Wildman–Crippen MR) is 93.6 cm³/mol. The number of carbonyl (C=O) groups excluding carboxylic acids is 1. The summed E-state index contributed by atoms with van der Waals surface area (Å²) < 4.78 is 5.74. The molecule has 1 aromatic heterocycles.